The largest absolute Gasteiger partial charge is 0.508 e. The number of hydrogen-bond donors (Lipinski definition) is 6. The van der Waals surface area contributed by atoms with Crippen molar-refractivity contribution >= 4 is 70.7 Å². The normalized spacial score (nSPS) is 12.4. The molecule has 8 rings (SSSR count). The van der Waals surface area contributed by atoms with Crippen molar-refractivity contribution in [3.8, 4) is 34.1 Å². The zero-order chi connectivity index (χ0) is 34.2. The zero-order valence-electron chi connectivity index (χ0n) is 26.5. The van der Waals surface area contributed by atoms with Crippen LogP contribution in [-0.2, 0) is 0 Å². The van der Waals surface area contributed by atoms with Crippen molar-refractivity contribution in [3.05, 3.63) is 142 Å². The van der Waals surface area contributed by atoms with E-state index in [1.165, 1.54) is 12.1 Å². The van der Waals surface area contributed by atoms with Crippen LogP contribution in [0.3, 0.4) is 0 Å². The average Bonchev–Trinajstić information content (AvgIpc) is 3.89. The molecule has 0 amide bonds. The van der Waals surface area contributed by atoms with Gasteiger partial charge in [0.2, 0.25) is 0 Å². The summed E-state index contributed by atoms with van der Waals surface area (Å²) in [6.45, 7) is 0. The number of phenolic OH excluding ortho intramolecular Hbond substituents is 4. The third-order valence-electron chi connectivity index (χ3n) is 8.27. The molecule has 0 aliphatic carbocycles. The van der Waals surface area contributed by atoms with E-state index in [2.05, 4.69) is 22.1 Å². The van der Waals surface area contributed by atoms with Crippen molar-refractivity contribution < 1.29 is 20.4 Å². The second-order valence-electron chi connectivity index (χ2n) is 12.2. The molecule has 0 atom stereocenters. The highest BCUT2D eigenvalue weighted by Crippen LogP contribution is 2.33. The second kappa shape index (κ2) is 12.5. The lowest BCUT2D eigenvalue weighted by Crippen LogP contribution is -1.88. The van der Waals surface area contributed by atoms with Crippen molar-refractivity contribution in [3.63, 3.8) is 0 Å². The molecule has 8 bridgehead atoms. The fraction of sp³-hybridized carbons (Fsp3) is 0. The van der Waals surface area contributed by atoms with Gasteiger partial charge in [0.15, 0.2) is 0 Å². The van der Waals surface area contributed by atoms with Crippen LogP contribution in [0.25, 0.3) is 81.8 Å². The summed E-state index contributed by atoms with van der Waals surface area (Å²) in [5, 5.41) is 40.2. The molecule has 5 heterocycles. The quantitative estimate of drug-likeness (QED) is 0.102. The summed E-state index contributed by atoms with van der Waals surface area (Å²) in [6.07, 6.45) is 15.4. The number of nitrogens with one attached hydrogen (secondary N) is 2. The summed E-state index contributed by atoms with van der Waals surface area (Å²) >= 11 is 0. The third-order valence-corrected chi connectivity index (χ3v) is 8.27. The summed E-state index contributed by atoms with van der Waals surface area (Å²) < 4.78 is 0. The number of benzene rings is 3. The van der Waals surface area contributed by atoms with Crippen molar-refractivity contribution in [1.29, 1.82) is 0 Å². The Morgan fingerprint density at radius 2 is 0.860 bits per heavy atom. The Morgan fingerprint density at radius 3 is 1.40 bits per heavy atom. The molecular weight excluding hydrogens is 624 g/mol. The Morgan fingerprint density at radius 1 is 0.420 bits per heavy atom. The van der Waals surface area contributed by atoms with E-state index < -0.39 is 0 Å². The van der Waals surface area contributed by atoms with Crippen molar-refractivity contribution in [2.45, 2.75) is 0 Å². The van der Waals surface area contributed by atoms with Crippen molar-refractivity contribution in [2.24, 2.45) is 0 Å². The highest BCUT2D eigenvalue weighted by molar-refractivity contribution is 5.93. The molecule has 6 aromatic rings. The van der Waals surface area contributed by atoms with Crippen LogP contribution in [0.2, 0.25) is 0 Å². The molecule has 0 saturated heterocycles. The van der Waals surface area contributed by atoms with E-state index in [0.29, 0.717) is 11.1 Å². The Bertz CT molecular complexity index is 2490. The number of aromatic hydroxyl groups is 4. The molecule has 0 unspecified atom stereocenters. The topological polar surface area (TPSA) is 138 Å². The van der Waals surface area contributed by atoms with Gasteiger partial charge in [0, 0.05) is 39.8 Å². The number of rotatable bonds is 5. The van der Waals surface area contributed by atoms with Gasteiger partial charge in [-0.15, -0.1) is 0 Å². The van der Waals surface area contributed by atoms with Crippen LogP contribution in [0.5, 0.6) is 23.0 Å². The van der Waals surface area contributed by atoms with Gasteiger partial charge in [-0.2, -0.15) is 0 Å². The van der Waals surface area contributed by atoms with E-state index in [1.807, 2.05) is 97.1 Å². The number of nitrogens with zero attached hydrogens (tertiary/aromatic N) is 2. The van der Waals surface area contributed by atoms with Gasteiger partial charge in [0.1, 0.15) is 23.0 Å². The smallest absolute Gasteiger partial charge is 0.119 e. The van der Waals surface area contributed by atoms with E-state index in [0.717, 1.165) is 67.1 Å². The van der Waals surface area contributed by atoms with E-state index in [9.17, 15) is 20.4 Å². The van der Waals surface area contributed by atoms with Crippen molar-refractivity contribution in [2.75, 3.05) is 0 Å². The predicted molar refractivity (Wildman–Crippen MR) is 202 cm³/mol. The van der Waals surface area contributed by atoms with Gasteiger partial charge in [-0.05, 0) is 137 Å². The maximum absolute atomic E-state index is 10.0. The van der Waals surface area contributed by atoms with Gasteiger partial charge in [-0.1, -0.05) is 24.3 Å². The van der Waals surface area contributed by atoms with Gasteiger partial charge in [0.05, 0.1) is 22.8 Å². The van der Waals surface area contributed by atoms with Crippen LogP contribution in [0.15, 0.2) is 97.1 Å². The molecule has 0 saturated carbocycles. The molecule has 6 N–H and O–H groups in total. The Labute approximate surface area is 286 Å². The van der Waals surface area contributed by atoms with E-state index in [4.69, 9.17) is 9.97 Å². The van der Waals surface area contributed by atoms with E-state index >= 15 is 0 Å². The summed E-state index contributed by atoms with van der Waals surface area (Å²) in [5.41, 5.74) is 11.6. The van der Waals surface area contributed by atoms with Gasteiger partial charge in [-0.3, -0.25) is 0 Å². The molecule has 2 aliphatic heterocycles. The molecule has 8 heteroatoms. The third kappa shape index (κ3) is 6.67. The summed E-state index contributed by atoms with van der Waals surface area (Å²) in [4.78, 5) is 16.8. The van der Waals surface area contributed by atoms with Gasteiger partial charge in [0.25, 0.3) is 0 Å². The van der Waals surface area contributed by atoms with E-state index in [-0.39, 0.29) is 23.0 Å². The molecule has 2 aliphatic rings. The van der Waals surface area contributed by atoms with Gasteiger partial charge in [-0.25, -0.2) is 9.97 Å². The fourth-order valence-electron chi connectivity index (χ4n) is 6.14. The molecule has 3 aromatic heterocycles. The first-order chi connectivity index (χ1) is 24.3. The van der Waals surface area contributed by atoms with Crippen LogP contribution >= 0.6 is 0 Å². The highest BCUT2D eigenvalue weighted by atomic mass is 16.3. The number of phenols is 4. The van der Waals surface area contributed by atoms with Crippen LogP contribution in [-0.4, -0.2) is 40.4 Å². The Balaban J connectivity index is 1.35. The predicted octanol–water partition coefficient (Wildman–Crippen LogP) is 9.49. The molecular formula is C42H30N4O4. The first-order valence-electron chi connectivity index (χ1n) is 15.9. The highest BCUT2D eigenvalue weighted by Gasteiger charge is 2.13. The molecule has 0 radical (unpaired) electrons. The Hall–Kier alpha value is -7.06. The molecule has 0 fully saturated rings. The monoisotopic (exact) mass is 654 g/mol. The minimum absolute atomic E-state index is 0.0332. The average molecular weight is 655 g/mol. The molecule has 3 aromatic carbocycles. The lowest BCUT2D eigenvalue weighted by Gasteiger charge is -2.09. The number of fused-ring (bicyclic) bond motifs is 8. The zero-order valence-corrected chi connectivity index (χ0v) is 26.5. The summed E-state index contributed by atoms with van der Waals surface area (Å²) in [5.74, 6) is -0.133. The standard InChI is InChI=1S/C42H30N4O4/c47-36-16-27(17-37(48)23-36)3-1-25-13-26(2-4-28-18-38(49)24-39(50)19-28)15-29(14-25)42-40-11-9-34(45-40)21-32-7-5-30(43-32)20-31-6-8-33(44-31)22-35-10-12-41(42)46-35/h1-24,43,46-50H. The van der Waals surface area contributed by atoms with Crippen LogP contribution in [0.4, 0.5) is 0 Å². The molecule has 242 valence electrons. The first kappa shape index (κ1) is 30.3. The van der Waals surface area contributed by atoms with Crippen LogP contribution in [0, 0.1) is 0 Å². The fourth-order valence-corrected chi connectivity index (χ4v) is 6.14. The number of aromatic amines is 2. The van der Waals surface area contributed by atoms with Gasteiger partial charge >= 0.3 is 0 Å². The molecule has 0 spiro atoms. The van der Waals surface area contributed by atoms with Crippen LogP contribution in [0.1, 0.15) is 45.0 Å². The maximum Gasteiger partial charge on any atom is 0.119 e. The summed E-state index contributed by atoms with van der Waals surface area (Å²) in [7, 11) is 0. The van der Waals surface area contributed by atoms with Gasteiger partial charge < -0.3 is 30.4 Å². The number of aromatic nitrogens is 4. The lowest BCUT2D eigenvalue weighted by atomic mass is 9.97. The minimum atomic E-state index is -0.0332. The summed E-state index contributed by atoms with van der Waals surface area (Å²) in [6, 6.07) is 29.1. The SMILES string of the molecule is Oc1cc(O)cc(C=Cc2cc(C=Cc3cc(O)cc(O)c3)cc(-c3c4nc(cc5ccc(cc6nc(cc7ccc3[nH]7)C=C6)[nH]5)C=C4)c2)c1. The van der Waals surface area contributed by atoms with Crippen molar-refractivity contribution in [1.82, 2.24) is 19.9 Å². The Kier molecular flexibility index (Phi) is 7.58. The lowest BCUT2D eigenvalue weighted by molar-refractivity contribution is 0.449. The second-order valence-corrected chi connectivity index (χ2v) is 12.2. The van der Waals surface area contributed by atoms with Crippen LogP contribution < -0.4 is 0 Å². The number of H-pyrrole nitrogens is 2. The molecule has 50 heavy (non-hydrogen) atoms. The minimum Gasteiger partial charge on any atom is -0.508 e. The molecule has 8 nitrogen and oxygen atoms in total. The number of hydrogen-bond acceptors (Lipinski definition) is 6. The van der Waals surface area contributed by atoms with E-state index in [1.54, 1.807) is 24.3 Å². The maximum atomic E-state index is 10.0. The first-order valence-corrected chi connectivity index (χ1v) is 15.9.